The average Bonchev–Trinajstić information content (AvgIpc) is 2.76. The first kappa shape index (κ1) is 14.0. The zero-order valence-electron chi connectivity index (χ0n) is 11.2. The predicted molar refractivity (Wildman–Crippen MR) is 75.6 cm³/mol. The highest BCUT2D eigenvalue weighted by Gasteiger charge is 2.38. The lowest BCUT2D eigenvalue weighted by Crippen LogP contribution is -2.37. The minimum atomic E-state index is -0.487. The maximum atomic E-state index is 10.7. The van der Waals surface area contributed by atoms with Gasteiger partial charge in [0.05, 0.1) is 0 Å². The van der Waals surface area contributed by atoms with Crippen molar-refractivity contribution in [3.8, 4) is 0 Å². The van der Waals surface area contributed by atoms with Crippen LogP contribution in [0.3, 0.4) is 0 Å². The van der Waals surface area contributed by atoms with Crippen LogP contribution in [0.15, 0.2) is 5.38 Å². The third-order valence-electron chi connectivity index (χ3n) is 4.21. The zero-order valence-corrected chi connectivity index (χ0v) is 12.0. The first-order valence-electron chi connectivity index (χ1n) is 6.98. The van der Waals surface area contributed by atoms with Crippen LogP contribution in [-0.4, -0.2) is 16.6 Å². The van der Waals surface area contributed by atoms with E-state index in [1.807, 2.05) is 12.3 Å². The first-order chi connectivity index (χ1) is 8.68. The molecule has 0 aromatic carbocycles. The summed E-state index contributed by atoms with van der Waals surface area (Å²) < 4.78 is 0. The molecule has 1 heterocycles. The zero-order chi connectivity index (χ0) is 13.0. The van der Waals surface area contributed by atoms with E-state index in [-0.39, 0.29) is 5.41 Å². The van der Waals surface area contributed by atoms with Gasteiger partial charge in [-0.25, -0.2) is 4.98 Å². The highest BCUT2D eigenvalue weighted by Crippen LogP contribution is 2.44. The predicted octanol–water partition coefficient (Wildman–Crippen LogP) is 3.17. The molecule has 2 rings (SSSR count). The second-order valence-corrected chi connectivity index (χ2v) is 6.45. The van der Waals surface area contributed by atoms with Gasteiger partial charge < -0.3 is 10.8 Å². The van der Waals surface area contributed by atoms with Crippen LogP contribution in [0.5, 0.6) is 0 Å². The Labute approximate surface area is 113 Å². The fourth-order valence-electron chi connectivity index (χ4n) is 2.96. The van der Waals surface area contributed by atoms with Crippen molar-refractivity contribution in [2.24, 2.45) is 11.1 Å². The van der Waals surface area contributed by atoms with Crippen LogP contribution >= 0.6 is 11.3 Å². The lowest BCUT2D eigenvalue weighted by Gasteiger charge is -2.37. The van der Waals surface area contributed by atoms with Crippen molar-refractivity contribution >= 4 is 11.3 Å². The van der Waals surface area contributed by atoms with E-state index in [0.29, 0.717) is 6.54 Å². The number of thiazole rings is 1. The van der Waals surface area contributed by atoms with Gasteiger partial charge in [-0.15, -0.1) is 11.3 Å². The van der Waals surface area contributed by atoms with Crippen LogP contribution in [0.2, 0.25) is 0 Å². The summed E-state index contributed by atoms with van der Waals surface area (Å²) in [6, 6.07) is 0. The summed E-state index contributed by atoms with van der Waals surface area (Å²) in [6.07, 6.45) is 7.80. The maximum Gasteiger partial charge on any atom is 0.122 e. The second-order valence-electron chi connectivity index (χ2n) is 5.56. The van der Waals surface area contributed by atoms with Crippen LogP contribution in [0.4, 0.5) is 0 Å². The third kappa shape index (κ3) is 2.92. The Morgan fingerprint density at radius 1 is 1.33 bits per heavy atom. The largest absolute Gasteiger partial charge is 0.385 e. The lowest BCUT2D eigenvalue weighted by atomic mass is 9.72. The molecule has 102 valence electrons. The van der Waals surface area contributed by atoms with Crippen molar-refractivity contribution < 1.29 is 5.11 Å². The Morgan fingerprint density at radius 3 is 2.44 bits per heavy atom. The van der Waals surface area contributed by atoms with E-state index in [2.05, 4.69) is 4.98 Å². The molecule has 1 fully saturated rings. The number of hydrogen-bond donors (Lipinski definition) is 2. The molecule has 3 nitrogen and oxygen atoms in total. The number of hydrogen-bond acceptors (Lipinski definition) is 4. The highest BCUT2D eigenvalue weighted by atomic mass is 32.1. The van der Waals surface area contributed by atoms with Crippen LogP contribution < -0.4 is 5.73 Å². The highest BCUT2D eigenvalue weighted by molar-refractivity contribution is 7.09. The molecule has 1 aliphatic carbocycles. The number of aromatic nitrogens is 1. The van der Waals surface area contributed by atoms with Crippen molar-refractivity contribution in [1.29, 1.82) is 0 Å². The molecule has 0 radical (unpaired) electrons. The molecule has 3 N–H and O–H groups in total. The van der Waals surface area contributed by atoms with Crippen molar-refractivity contribution in [3.05, 3.63) is 16.1 Å². The Balaban J connectivity index is 2.18. The molecular weight excluding hydrogens is 244 g/mol. The summed E-state index contributed by atoms with van der Waals surface area (Å²) in [5.74, 6) is 0. The summed E-state index contributed by atoms with van der Waals surface area (Å²) in [5.41, 5.74) is 6.87. The molecule has 1 unspecified atom stereocenters. The van der Waals surface area contributed by atoms with Crippen molar-refractivity contribution in [2.75, 3.05) is 6.54 Å². The normalized spacial score (nSPS) is 22.2. The summed E-state index contributed by atoms with van der Waals surface area (Å²) in [7, 11) is 0. The van der Waals surface area contributed by atoms with Crippen LogP contribution in [0, 0.1) is 12.3 Å². The van der Waals surface area contributed by atoms with E-state index in [1.54, 1.807) is 11.3 Å². The first-order valence-corrected chi connectivity index (χ1v) is 7.86. The molecule has 0 aliphatic heterocycles. The molecule has 1 aromatic heterocycles. The number of nitrogens with two attached hydrogens (primary N) is 1. The van der Waals surface area contributed by atoms with E-state index in [1.165, 1.54) is 32.1 Å². The van der Waals surface area contributed by atoms with Gasteiger partial charge in [0.1, 0.15) is 11.1 Å². The van der Waals surface area contributed by atoms with E-state index < -0.39 is 6.10 Å². The summed E-state index contributed by atoms with van der Waals surface area (Å²) in [5, 5.41) is 13.5. The molecule has 4 heteroatoms. The SMILES string of the molecule is Cc1csc(C(O)C2(CN)CCCCCCC2)n1. The van der Waals surface area contributed by atoms with Crippen LogP contribution in [0.25, 0.3) is 0 Å². The maximum absolute atomic E-state index is 10.7. The monoisotopic (exact) mass is 268 g/mol. The van der Waals surface area contributed by atoms with Gasteiger partial charge in [-0.1, -0.05) is 32.1 Å². The van der Waals surface area contributed by atoms with E-state index in [4.69, 9.17) is 5.73 Å². The van der Waals surface area contributed by atoms with Gasteiger partial charge in [-0.05, 0) is 19.8 Å². The van der Waals surface area contributed by atoms with E-state index >= 15 is 0 Å². The van der Waals surface area contributed by atoms with Gasteiger partial charge in [-0.3, -0.25) is 0 Å². The molecule has 1 aromatic rings. The number of aliphatic hydroxyl groups excluding tert-OH is 1. The van der Waals surface area contributed by atoms with E-state index in [9.17, 15) is 5.11 Å². The smallest absolute Gasteiger partial charge is 0.122 e. The molecule has 1 saturated carbocycles. The molecule has 0 saturated heterocycles. The molecule has 0 bridgehead atoms. The number of rotatable bonds is 3. The Morgan fingerprint density at radius 2 is 1.94 bits per heavy atom. The van der Waals surface area contributed by atoms with Gasteiger partial charge in [0.15, 0.2) is 0 Å². The molecule has 1 aliphatic rings. The summed E-state index contributed by atoms with van der Waals surface area (Å²) >= 11 is 1.56. The van der Waals surface area contributed by atoms with Gasteiger partial charge >= 0.3 is 0 Å². The van der Waals surface area contributed by atoms with Gasteiger partial charge in [-0.2, -0.15) is 0 Å². The summed E-state index contributed by atoms with van der Waals surface area (Å²) in [6.45, 7) is 2.53. The van der Waals surface area contributed by atoms with Gasteiger partial charge in [0, 0.05) is 23.0 Å². The molecule has 0 spiro atoms. The standard InChI is InChI=1S/C14H24N2OS/c1-11-9-18-13(16-11)12(17)14(10-15)7-5-3-2-4-6-8-14/h9,12,17H,2-8,10,15H2,1H3. The van der Waals surface area contributed by atoms with Gasteiger partial charge in [0.2, 0.25) is 0 Å². The summed E-state index contributed by atoms with van der Waals surface area (Å²) in [4.78, 5) is 4.45. The minimum absolute atomic E-state index is 0.148. The number of nitrogens with zero attached hydrogens (tertiary/aromatic N) is 1. The number of aryl methyl sites for hydroxylation is 1. The van der Waals surface area contributed by atoms with Crippen molar-refractivity contribution in [2.45, 2.75) is 58.0 Å². The fourth-order valence-corrected chi connectivity index (χ4v) is 3.88. The molecular formula is C14H24N2OS. The topological polar surface area (TPSA) is 59.1 Å². The number of aliphatic hydroxyl groups is 1. The second kappa shape index (κ2) is 6.13. The van der Waals surface area contributed by atoms with Gasteiger partial charge in [0.25, 0.3) is 0 Å². The lowest BCUT2D eigenvalue weighted by molar-refractivity contribution is 0.00828. The Kier molecular flexibility index (Phi) is 4.76. The minimum Gasteiger partial charge on any atom is -0.385 e. The van der Waals surface area contributed by atoms with Crippen molar-refractivity contribution in [3.63, 3.8) is 0 Å². The fraction of sp³-hybridized carbons (Fsp3) is 0.786. The average molecular weight is 268 g/mol. The van der Waals surface area contributed by atoms with Crippen LogP contribution in [0.1, 0.15) is 61.8 Å². The molecule has 1 atom stereocenters. The van der Waals surface area contributed by atoms with Crippen molar-refractivity contribution in [1.82, 2.24) is 4.98 Å². The Hall–Kier alpha value is -0.450. The quantitative estimate of drug-likeness (QED) is 0.885. The molecule has 18 heavy (non-hydrogen) atoms. The van der Waals surface area contributed by atoms with E-state index in [0.717, 1.165) is 23.5 Å². The Bertz CT molecular complexity index is 370. The third-order valence-corrected chi connectivity index (χ3v) is 5.22. The van der Waals surface area contributed by atoms with Crippen LogP contribution in [-0.2, 0) is 0 Å². The molecule has 0 amide bonds.